The van der Waals surface area contributed by atoms with Crippen LogP contribution >= 0.6 is 0 Å². The summed E-state index contributed by atoms with van der Waals surface area (Å²) in [5, 5.41) is 8.66. The molecule has 0 radical (unpaired) electrons. The number of aliphatic carboxylic acids is 1. The summed E-state index contributed by atoms with van der Waals surface area (Å²) in [5.74, 6) is -0.738. The van der Waals surface area contributed by atoms with Crippen molar-refractivity contribution in [2.75, 3.05) is 13.1 Å². The second kappa shape index (κ2) is 4.31. The summed E-state index contributed by atoms with van der Waals surface area (Å²) in [4.78, 5) is 24.5. The number of carboxylic acids is 1. The van der Waals surface area contributed by atoms with Gasteiger partial charge in [0, 0.05) is 19.0 Å². The zero-order valence-corrected chi connectivity index (χ0v) is 11.4. The van der Waals surface area contributed by atoms with Gasteiger partial charge in [-0.3, -0.25) is 9.59 Å². The maximum atomic E-state index is 12.3. The van der Waals surface area contributed by atoms with Gasteiger partial charge < -0.3 is 10.0 Å². The van der Waals surface area contributed by atoms with Gasteiger partial charge in [0.1, 0.15) is 0 Å². The van der Waals surface area contributed by atoms with E-state index < -0.39 is 5.97 Å². The smallest absolute Gasteiger partial charge is 0.305 e. The highest BCUT2D eigenvalue weighted by molar-refractivity contribution is 5.84. The van der Waals surface area contributed by atoms with E-state index in [4.69, 9.17) is 5.11 Å². The van der Waals surface area contributed by atoms with Crippen LogP contribution in [0.1, 0.15) is 41.0 Å². The summed E-state index contributed by atoms with van der Waals surface area (Å²) >= 11 is 0. The Morgan fingerprint density at radius 3 is 1.94 bits per heavy atom. The molecule has 1 fully saturated rings. The highest BCUT2D eigenvalue weighted by atomic mass is 16.4. The fraction of sp³-hybridized carbons (Fsp3) is 0.846. The van der Waals surface area contributed by atoms with Gasteiger partial charge in [-0.1, -0.05) is 27.7 Å². The van der Waals surface area contributed by atoms with Crippen molar-refractivity contribution in [2.24, 2.45) is 16.7 Å². The SMILES string of the molecule is CCN(CCC(=O)O)C(=O)C1C(C)(C)C1(C)C. The molecule has 1 amide bonds. The molecule has 98 valence electrons. The number of carbonyl (C=O) groups excluding carboxylic acids is 1. The predicted molar refractivity (Wildman–Crippen MR) is 65.6 cm³/mol. The molecule has 1 saturated carbocycles. The number of nitrogens with zero attached hydrogens (tertiary/aromatic N) is 1. The van der Waals surface area contributed by atoms with E-state index in [0.717, 1.165) is 0 Å². The molecule has 4 heteroatoms. The lowest BCUT2D eigenvalue weighted by Gasteiger charge is -2.21. The second-order valence-corrected chi connectivity index (χ2v) is 5.94. The number of hydrogen-bond acceptors (Lipinski definition) is 2. The minimum absolute atomic E-state index is 0.0146. The van der Waals surface area contributed by atoms with Crippen molar-refractivity contribution in [2.45, 2.75) is 41.0 Å². The third-order valence-corrected chi connectivity index (χ3v) is 4.56. The van der Waals surface area contributed by atoms with Crippen LogP contribution in [0.2, 0.25) is 0 Å². The Balaban J connectivity index is 2.66. The van der Waals surface area contributed by atoms with Crippen LogP contribution in [-0.2, 0) is 9.59 Å². The van der Waals surface area contributed by atoms with Crippen LogP contribution in [0.25, 0.3) is 0 Å². The Hall–Kier alpha value is -1.06. The van der Waals surface area contributed by atoms with E-state index in [1.807, 2.05) is 6.92 Å². The van der Waals surface area contributed by atoms with Crippen molar-refractivity contribution < 1.29 is 14.7 Å². The summed E-state index contributed by atoms with van der Waals surface area (Å²) in [6, 6.07) is 0. The first-order valence-corrected chi connectivity index (χ1v) is 6.16. The molecule has 1 N–H and O–H groups in total. The van der Waals surface area contributed by atoms with Gasteiger partial charge in [0.25, 0.3) is 0 Å². The molecule has 0 aromatic carbocycles. The standard InChI is InChI=1S/C13H23NO3/c1-6-14(8-7-9(15)16)11(17)10-12(2,3)13(10,4)5/h10H,6-8H2,1-5H3,(H,15,16). The van der Waals surface area contributed by atoms with Gasteiger partial charge >= 0.3 is 5.97 Å². The molecule has 0 saturated heterocycles. The summed E-state index contributed by atoms with van der Waals surface area (Å²) in [5.41, 5.74) is 0.0292. The highest BCUT2D eigenvalue weighted by Gasteiger charge is 2.68. The fourth-order valence-electron chi connectivity index (χ4n) is 2.65. The quantitative estimate of drug-likeness (QED) is 0.800. The molecule has 1 aliphatic rings. The molecule has 0 aromatic heterocycles. The van der Waals surface area contributed by atoms with Crippen molar-refractivity contribution in [1.82, 2.24) is 4.90 Å². The lowest BCUT2D eigenvalue weighted by Crippen LogP contribution is -2.35. The van der Waals surface area contributed by atoms with Crippen LogP contribution in [0.4, 0.5) is 0 Å². The number of hydrogen-bond donors (Lipinski definition) is 1. The van der Waals surface area contributed by atoms with Gasteiger partial charge in [0.15, 0.2) is 0 Å². The Morgan fingerprint density at radius 2 is 1.65 bits per heavy atom. The highest BCUT2D eigenvalue weighted by Crippen LogP contribution is 2.68. The lowest BCUT2D eigenvalue weighted by molar-refractivity contribution is -0.139. The van der Waals surface area contributed by atoms with Crippen molar-refractivity contribution in [1.29, 1.82) is 0 Å². The Labute approximate surface area is 103 Å². The molecule has 17 heavy (non-hydrogen) atoms. The monoisotopic (exact) mass is 241 g/mol. The molecule has 0 spiro atoms. The van der Waals surface area contributed by atoms with E-state index in [2.05, 4.69) is 27.7 Å². The van der Waals surface area contributed by atoms with Crippen LogP contribution < -0.4 is 0 Å². The van der Waals surface area contributed by atoms with E-state index in [-0.39, 0.29) is 29.1 Å². The Bertz CT molecular complexity index is 320. The van der Waals surface area contributed by atoms with Gasteiger partial charge in [-0.25, -0.2) is 0 Å². The molecule has 0 atom stereocenters. The lowest BCUT2D eigenvalue weighted by atomic mass is 10.0. The Kier molecular flexibility index (Phi) is 3.55. The van der Waals surface area contributed by atoms with Crippen molar-refractivity contribution in [3.05, 3.63) is 0 Å². The molecule has 0 aliphatic heterocycles. The first-order valence-electron chi connectivity index (χ1n) is 6.16. The second-order valence-electron chi connectivity index (χ2n) is 5.94. The van der Waals surface area contributed by atoms with Gasteiger partial charge in [-0.15, -0.1) is 0 Å². The number of rotatable bonds is 5. The van der Waals surface area contributed by atoms with E-state index in [0.29, 0.717) is 13.1 Å². The van der Waals surface area contributed by atoms with E-state index in [9.17, 15) is 9.59 Å². The minimum Gasteiger partial charge on any atom is -0.481 e. The Morgan fingerprint density at radius 1 is 1.18 bits per heavy atom. The largest absolute Gasteiger partial charge is 0.481 e. The maximum absolute atomic E-state index is 12.3. The summed E-state index contributed by atoms with van der Waals surface area (Å²) in [7, 11) is 0. The number of carboxylic acid groups (broad SMARTS) is 1. The van der Waals surface area contributed by atoms with Crippen LogP contribution in [0.3, 0.4) is 0 Å². The number of carbonyl (C=O) groups is 2. The van der Waals surface area contributed by atoms with E-state index >= 15 is 0 Å². The first-order chi connectivity index (χ1) is 7.66. The molecule has 4 nitrogen and oxygen atoms in total. The third kappa shape index (κ3) is 2.31. The minimum atomic E-state index is -0.856. The zero-order valence-electron chi connectivity index (χ0n) is 11.4. The van der Waals surface area contributed by atoms with E-state index in [1.54, 1.807) is 4.90 Å². The van der Waals surface area contributed by atoms with E-state index in [1.165, 1.54) is 0 Å². The van der Waals surface area contributed by atoms with Crippen LogP contribution in [0.5, 0.6) is 0 Å². The summed E-state index contributed by atoms with van der Waals surface area (Å²) in [6.45, 7) is 11.2. The molecule has 0 heterocycles. The molecular weight excluding hydrogens is 218 g/mol. The fourth-order valence-corrected chi connectivity index (χ4v) is 2.65. The van der Waals surface area contributed by atoms with Gasteiger partial charge in [-0.2, -0.15) is 0 Å². The zero-order chi connectivity index (χ0) is 13.4. The van der Waals surface area contributed by atoms with Gasteiger partial charge in [-0.05, 0) is 17.8 Å². The topological polar surface area (TPSA) is 57.6 Å². The first kappa shape index (κ1) is 14.0. The molecule has 0 bridgehead atoms. The molecule has 0 unspecified atom stereocenters. The third-order valence-electron chi connectivity index (χ3n) is 4.56. The normalized spacial score (nSPS) is 21.0. The molecule has 1 aliphatic carbocycles. The van der Waals surface area contributed by atoms with Crippen molar-refractivity contribution in [3.8, 4) is 0 Å². The van der Waals surface area contributed by atoms with Crippen LogP contribution in [0.15, 0.2) is 0 Å². The van der Waals surface area contributed by atoms with Gasteiger partial charge in [0.05, 0.1) is 6.42 Å². The number of amides is 1. The maximum Gasteiger partial charge on any atom is 0.305 e. The van der Waals surface area contributed by atoms with Crippen molar-refractivity contribution >= 4 is 11.9 Å². The molecular formula is C13H23NO3. The molecule has 0 aromatic rings. The van der Waals surface area contributed by atoms with Crippen LogP contribution in [0, 0.1) is 16.7 Å². The molecule has 1 rings (SSSR count). The van der Waals surface area contributed by atoms with Crippen molar-refractivity contribution in [3.63, 3.8) is 0 Å². The van der Waals surface area contributed by atoms with Gasteiger partial charge in [0.2, 0.25) is 5.91 Å². The predicted octanol–water partition coefficient (Wildman–Crippen LogP) is 1.99. The average molecular weight is 241 g/mol. The average Bonchev–Trinajstić information content (AvgIpc) is 2.57. The summed E-state index contributed by atoms with van der Waals surface area (Å²) in [6.07, 6.45) is 0.0210. The summed E-state index contributed by atoms with van der Waals surface area (Å²) < 4.78 is 0. The van der Waals surface area contributed by atoms with Crippen LogP contribution in [-0.4, -0.2) is 35.0 Å².